The molecule has 0 spiro atoms. The van der Waals surface area contributed by atoms with Crippen LogP contribution < -0.4 is 5.32 Å². The van der Waals surface area contributed by atoms with Gasteiger partial charge in [-0.05, 0) is 5.75 Å². The number of carbonyl (C=O) groups excluding carboxylic acids is 1. The van der Waals surface area contributed by atoms with Crippen LogP contribution in [0.3, 0.4) is 0 Å². The van der Waals surface area contributed by atoms with Crippen molar-refractivity contribution in [3.05, 3.63) is 17.0 Å². The number of amides is 1. The molecular weight excluding hydrogens is 202 g/mol. The molecule has 0 bridgehead atoms. The van der Waals surface area contributed by atoms with Gasteiger partial charge >= 0.3 is 0 Å². The van der Waals surface area contributed by atoms with Crippen LogP contribution in [0.5, 0.6) is 0 Å². The zero-order chi connectivity index (χ0) is 10.1. The molecule has 1 aliphatic rings. The maximum absolute atomic E-state index is 11.4. The third kappa shape index (κ3) is 1.35. The summed E-state index contributed by atoms with van der Waals surface area (Å²) in [6.07, 6.45) is 0.764. The average molecular weight is 213 g/mol. The molecule has 0 saturated carbocycles. The van der Waals surface area contributed by atoms with Crippen molar-refractivity contribution in [3.8, 4) is 0 Å². The van der Waals surface area contributed by atoms with Gasteiger partial charge in [-0.3, -0.25) is 4.79 Å². The molecule has 2 N–H and O–H groups in total. The van der Waals surface area contributed by atoms with Crippen LogP contribution in [-0.2, 0) is 12.2 Å². The molecule has 1 aromatic heterocycles. The first-order valence-corrected chi connectivity index (χ1v) is 5.49. The van der Waals surface area contributed by atoms with Crippen molar-refractivity contribution in [1.82, 2.24) is 15.3 Å². The zero-order valence-electron chi connectivity index (χ0n) is 7.78. The lowest BCUT2D eigenvalue weighted by Crippen LogP contribution is -2.20. The normalized spacial score (nSPS) is 14.9. The van der Waals surface area contributed by atoms with Crippen LogP contribution in [0.1, 0.15) is 21.7 Å². The second-order valence-corrected chi connectivity index (χ2v) is 4.15. The maximum atomic E-state index is 11.4. The highest BCUT2D eigenvalue weighted by molar-refractivity contribution is 7.98. The highest BCUT2D eigenvalue weighted by atomic mass is 32.2. The van der Waals surface area contributed by atoms with Crippen LogP contribution in [0.25, 0.3) is 0 Å². The minimum atomic E-state index is -0.239. The molecular formula is C8H11N3O2S. The van der Waals surface area contributed by atoms with E-state index in [-0.39, 0.29) is 5.91 Å². The lowest BCUT2D eigenvalue weighted by molar-refractivity contribution is 0.0942. The lowest BCUT2D eigenvalue weighted by atomic mass is 10.1. The Bertz CT molecular complexity index is 375. The number of thioether (sulfide) groups is 1. The Hall–Kier alpha value is -1.17. The molecule has 0 aliphatic carbocycles. The first kappa shape index (κ1) is 9.39. The van der Waals surface area contributed by atoms with E-state index in [0.717, 1.165) is 34.0 Å². The monoisotopic (exact) mass is 213 g/mol. The molecule has 0 saturated heterocycles. The van der Waals surface area contributed by atoms with Crippen LogP contribution in [0.2, 0.25) is 0 Å². The summed E-state index contributed by atoms with van der Waals surface area (Å²) >= 11 is 1.75. The summed E-state index contributed by atoms with van der Waals surface area (Å²) in [5, 5.41) is 15.8. The number of nitrogens with one attached hydrogen (secondary N) is 1. The Morgan fingerprint density at radius 3 is 3.21 bits per heavy atom. The van der Waals surface area contributed by atoms with Crippen molar-refractivity contribution in [1.29, 1.82) is 0 Å². The van der Waals surface area contributed by atoms with Gasteiger partial charge in [-0.25, -0.2) is 0 Å². The van der Waals surface area contributed by atoms with Crippen LogP contribution in [-0.4, -0.2) is 33.9 Å². The zero-order valence-corrected chi connectivity index (χ0v) is 8.60. The minimum Gasteiger partial charge on any atom is -0.411 e. The Morgan fingerprint density at radius 1 is 1.71 bits per heavy atom. The molecule has 5 nitrogen and oxygen atoms in total. The van der Waals surface area contributed by atoms with E-state index in [1.165, 1.54) is 0 Å². The quantitative estimate of drug-likeness (QED) is 0.657. The first-order valence-electron chi connectivity index (χ1n) is 4.34. The molecule has 76 valence electrons. The SMILES string of the molecule is CNC(=O)c1nn(O)c2c1CSCC2. The van der Waals surface area contributed by atoms with E-state index in [1.54, 1.807) is 18.8 Å². The fourth-order valence-corrected chi connectivity index (χ4v) is 2.51. The number of fused-ring (bicyclic) bond motifs is 1. The standard InChI is InChI=1S/C8H11N3O2S/c1-9-8(12)7-5-4-14-3-2-6(5)11(13)10-7/h13H,2-4H2,1H3,(H,9,12). The predicted molar refractivity (Wildman–Crippen MR) is 52.7 cm³/mol. The van der Waals surface area contributed by atoms with Gasteiger partial charge in [0.1, 0.15) is 0 Å². The molecule has 0 radical (unpaired) electrons. The van der Waals surface area contributed by atoms with Crippen LogP contribution in [0.15, 0.2) is 0 Å². The molecule has 2 heterocycles. The third-order valence-electron chi connectivity index (χ3n) is 2.24. The molecule has 0 fully saturated rings. The molecule has 0 aromatic carbocycles. The number of aromatic nitrogens is 2. The van der Waals surface area contributed by atoms with Crippen molar-refractivity contribution in [2.24, 2.45) is 0 Å². The van der Waals surface area contributed by atoms with E-state index in [1.807, 2.05) is 0 Å². The summed E-state index contributed by atoms with van der Waals surface area (Å²) in [5.74, 6) is 1.47. The van der Waals surface area contributed by atoms with Crippen molar-refractivity contribution in [2.45, 2.75) is 12.2 Å². The third-order valence-corrected chi connectivity index (χ3v) is 3.23. The van der Waals surface area contributed by atoms with Gasteiger partial charge in [0, 0.05) is 24.8 Å². The summed E-state index contributed by atoms with van der Waals surface area (Å²) in [4.78, 5) is 12.2. The van der Waals surface area contributed by atoms with Crippen LogP contribution >= 0.6 is 11.8 Å². The van der Waals surface area contributed by atoms with Crippen molar-refractivity contribution < 1.29 is 10.0 Å². The Kier molecular flexibility index (Phi) is 2.37. The maximum Gasteiger partial charge on any atom is 0.271 e. The summed E-state index contributed by atoms with van der Waals surface area (Å²) in [7, 11) is 1.56. The van der Waals surface area contributed by atoms with Crippen LogP contribution in [0, 0.1) is 0 Å². The lowest BCUT2D eigenvalue weighted by Gasteiger charge is -2.10. The van der Waals surface area contributed by atoms with E-state index in [9.17, 15) is 10.0 Å². The predicted octanol–water partition coefficient (Wildman–Crippen LogP) is 0.269. The first-order chi connectivity index (χ1) is 6.74. The second kappa shape index (κ2) is 3.53. The van der Waals surface area contributed by atoms with E-state index in [2.05, 4.69) is 10.4 Å². The van der Waals surface area contributed by atoms with Crippen molar-refractivity contribution >= 4 is 17.7 Å². The van der Waals surface area contributed by atoms with Crippen molar-refractivity contribution in [2.75, 3.05) is 12.8 Å². The molecule has 1 aromatic rings. The topological polar surface area (TPSA) is 67.2 Å². The van der Waals surface area contributed by atoms with Gasteiger partial charge in [-0.1, -0.05) is 0 Å². The van der Waals surface area contributed by atoms with E-state index < -0.39 is 0 Å². The number of hydrogen-bond donors (Lipinski definition) is 2. The minimum absolute atomic E-state index is 0.239. The van der Waals surface area contributed by atoms with E-state index in [0.29, 0.717) is 5.69 Å². The highest BCUT2D eigenvalue weighted by Crippen LogP contribution is 2.26. The van der Waals surface area contributed by atoms with Gasteiger partial charge in [0.2, 0.25) is 0 Å². The van der Waals surface area contributed by atoms with Gasteiger partial charge in [0.25, 0.3) is 5.91 Å². The van der Waals surface area contributed by atoms with Gasteiger partial charge in [-0.15, -0.1) is 9.94 Å². The van der Waals surface area contributed by atoms with Crippen LogP contribution in [0.4, 0.5) is 0 Å². The number of nitrogens with zero attached hydrogens (tertiary/aromatic N) is 2. The van der Waals surface area contributed by atoms with Crippen molar-refractivity contribution in [3.63, 3.8) is 0 Å². The van der Waals surface area contributed by atoms with E-state index >= 15 is 0 Å². The summed E-state index contributed by atoms with van der Waals surface area (Å²) in [6.45, 7) is 0. The number of hydrogen-bond acceptors (Lipinski definition) is 4. The number of rotatable bonds is 1. The number of carbonyl (C=O) groups is 1. The largest absolute Gasteiger partial charge is 0.411 e. The molecule has 2 rings (SSSR count). The van der Waals surface area contributed by atoms with E-state index in [4.69, 9.17) is 0 Å². The van der Waals surface area contributed by atoms with Gasteiger partial charge in [0.05, 0.1) is 5.69 Å². The molecule has 1 aliphatic heterocycles. The smallest absolute Gasteiger partial charge is 0.271 e. The fourth-order valence-electron chi connectivity index (χ4n) is 1.52. The Balaban J connectivity index is 2.46. The summed E-state index contributed by atoms with van der Waals surface area (Å²) in [6, 6.07) is 0. The fraction of sp³-hybridized carbons (Fsp3) is 0.500. The molecule has 0 atom stereocenters. The van der Waals surface area contributed by atoms with Gasteiger partial charge in [0.15, 0.2) is 5.69 Å². The summed E-state index contributed by atoms with van der Waals surface area (Å²) in [5.41, 5.74) is 1.97. The molecule has 14 heavy (non-hydrogen) atoms. The Labute approximate surface area is 85.4 Å². The molecule has 0 unspecified atom stereocenters. The molecule has 6 heteroatoms. The Morgan fingerprint density at radius 2 is 2.50 bits per heavy atom. The average Bonchev–Trinajstić information content (AvgIpc) is 2.56. The van der Waals surface area contributed by atoms with Gasteiger partial charge in [-0.2, -0.15) is 11.8 Å². The summed E-state index contributed by atoms with van der Waals surface area (Å²) < 4.78 is 0. The highest BCUT2D eigenvalue weighted by Gasteiger charge is 2.24. The van der Waals surface area contributed by atoms with Gasteiger partial charge < -0.3 is 10.5 Å². The molecule has 1 amide bonds. The second-order valence-electron chi connectivity index (χ2n) is 3.05.